The number of anilines is 1. The summed E-state index contributed by atoms with van der Waals surface area (Å²) >= 11 is 0. The van der Waals surface area contributed by atoms with Crippen molar-refractivity contribution in [2.24, 2.45) is 0 Å². The Hall–Kier alpha value is -2.38. The van der Waals surface area contributed by atoms with Gasteiger partial charge in [0.05, 0.1) is 4.90 Å². The highest BCUT2D eigenvalue weighted by Crippen LogP contribution is 2.18. The lowest BCUT2D eigenvalue weighted by Crippen LogP contribution is -2.33. The first kappa shape index (κ1) is 21.9. The highest BCUT2D eigenvalue weighted by atomic mass is 32.2. The lowest BCUT2D eigenvalue weighted by Gasteiger charge is -2.18. The fourth-order valence-electron chi connectivity index (χ4n) is 2.53. The van der Waals surface area contributed by atoms with E-state index in [0.717, 1.165) is 5.56 Å². The maximum atomic E-state index is 12.5. The van der Waals surface area contributed by atoms with Crippen molar-refractivity contribution in [3.05, 3.63) is 54.1 Å². The molecule has 0 saturated carbocycles. The van der Waals surface area contributed by atoms with E-state index in [0.29, 0.717) is 24.3 Å². The van der Waals surface area contributed by atoms with Crippen LogP contribution in [0.3, 0.4) is 0 Å². The Balaban J connectivity index is 2.04. The van der Waals surface area contributed by atoms with Crippen LogP contribution in [-0.4, -0.2) is 26.5 Å². The van der Waals surface area contributed by atoms with E-state index in [9.17, 15) is 13.2 Å². The molecule has 28 heavy (non-hydrogen) atoms. The van der Waals surface area contributed by atoms with Gasteiger partial charge in [0.15, 0.2) is 6.10 Å². The number of carbonyl (C=O) groups excluding carboxylic acids is 1. The van der Waals surface area contributed by atoms with E-state index in [-0.39, 0.29) is 16.8 Å². The minimum atomic E-state index is -3.57. The number of rotatable bonds is 9. The Morgan fingerprint density at radius 3 is 2.32 bits per heavy atom. The van der Waals surface area contributed by atoms with E-state index < -0.39 is 16.1 Å². The predicted molar refractivity (Wildman–Crippen MR) is 111 cm³/mol. The van der Waals surface area contributed by atoms with Crippen molar-refractivity contribution in [1.29, 1.82) is 0 Å². The molecule has 6 nitrogen and oxygen atoms in total. The summed E-state index contributed by atoms with van der Waals surface area (Å²) in [5, 5.41) is 2.78. The van der Waals surface area contributed by atoms with Crippen LogP contribution in [0.15, 0.2) is 53.4 Å². The number of hydrogen-bond donors (Lipinski definition) is 2. The molecule has 152 valence electrons. The molecular weight excluding hydrogens is 376 g/mol. The van der Waals surface area contributed by atoms with Gasteiger partial charge in [-0.15, -0.1) is 0 Å². The normalized spacial score (nSPS) is 13.6. The van der Waals surface area contributed by atoms with Crippen LogP contribution in [0.4, 0.5) is 5.69 Å². The first-order chi connectivity index (χ1) is 13.2. The predicted octanol–water partition coefficient (Wildman–Crippen LogP) is 3.87. The van der Waals surface area contributed by atoms with Crippen LogP contribution in [-0.2, 0) is 14.8 Å². The zero-order valence-corrected chi connectivity index (χ0v) is 17.5. The van der Waals surface area contributed by atoms with Crippen LogP contribution in [0.25, 0.3) is 0 Å². The van der Waals surface area contributed by atoms with Gasteiger partial charge in [0.2, 0.25) is 10.0 Å². The van der Waals surface area contributed by atoms with E-state index in [2.05, 4.69) is 10.0 Å². The van der Waals surface area contributed by atoms with E-state index in [4.69, 9.17) is 4.74 Å². The highest BCUT2D eigenvalue weighted by Gasteiger charge is 2.20. The van der Waals surface area contributed by atoms with Crippen LogP contribution >= 0.6 is 0 Å². The van der Waals surface area contributed by atoms with Crippen molar-refractivity contribution in [3.63, 3.8) is 0 Å². The molecule has 7 heteroatoms. The molecule has 0 spiro atoms. The summed E-state index contributed by atoms with van der Waals surface area (Å²) in [6.07, 6.45) is 0.565. The molecule has 0 radical (unpaired) electrons. The molecule has 2 unspecified atom stereocenters. The van der Waals surface area contributed by atoms with Crippen LogP contribution in [0.5, 0.6) is 5.75 Å². The van der Waals surface area contributed by atoms with Gasteiger partial charge >= 0.3 is 0 Å². The van der Waals surface area contributed by atoms with Gasteiger partial charge < -0.3 is 10.1 Å². The number of benzene rings is 2. The average Bonchev–Trinajstić information content (AvgIpc) is 2.66. The Labute approximate surface area is 167 Å². The topological polar surface area (TPSA) is 84.5 Å². The summed E-state index contributed by atoms with van der Waals surface area (Å²) in [4.78, 5) is 12.7. The van der Waals surface area contributed by atoms with Gasteiger partial charge in [0.25, 0.3) is 5.91 Å². The first-order valence-electron chi connectivity index (χ1n) is 9.41. The summed E-state index contributed by atoms with van der Waals surface area (Å²) in [5.74, 6) is 0.358. The van der Waals surface area contributed by atoms with Crippen LogP contribution in [0.2, 0.25) is 0 Å². The molecule has 0 aliphatic carbocycles. The zero-order chi connectivity index (χ0) is 20.7. The second kappa shape index (κ2) is 9.71. The van der Waals surface area contributed by atoms with Crippen LogP contribution < -0.4 is 14.8 Å². The smallest absolute Gasteiger partial charge is 0.265 e. The van der Waals surface area contributed by atoms with Crippen LogP contribution in [0.1, 0.15) is 39.2 Å². The van der Waals surface area contributed by atoms with E-state index in [1.807, 2.05) is 52.0 Å². The SMILES string of the molecule is CCC(C)NS(=O)(=O)c1ccc(NC(=O)C(CC)Oc2cccc(C)c2)cc1. The van der Waals surface area contributed by atoms with Crippen molar-refractivity contribution in [2.45, 2.75) is 57.6 Å². The minimum absolute atomic E-state index is 0.145. The average molecular weight is 405 g/mol. The summed E-state index contributed by atoms with van der Waals surface area (Å²) < 4.78 is 33.0. The van der Waals surface area contributed by atoms with Gasteiger partial charge in [0, 0.05) is 11.7 Å². The fraction of sp³-hybridized carbons (Fsp3) is 0.381. The maximum Gasteiger partial charge on any atom is 0.265 e. The van der Waals surface area contributed by atoms with Gasteiger partial charge in [-0.25, -0.2) is 13.1 Å². The number of ether oxygens (including phenoxy) is 1. The minimum Gasteiger partial charge on any atom is -0.481 e. The van der Waals surface area contributed by atoms with Crippen molar-refractivity contribution in [3.8, 4) is 5.75 Å². The quantitative estimate of drug-likeness (QED) is 0.664. The van der Waals surface area contributed by atoms with Gasteiger partial charge in [0.1, 0.15) is 5.75 Å². The molecule has 0 heterocycles. The maximum absolute atomic E-state index is 12.5. The molecule has 0 saturated heterocycles. The van der Waals surface area contributed by atoms with Gasteiger partial charge in [-0.3, -0.25) is 4.79 Å². The second-order valence-corrected chi connectivity index (χ2v) is 8.49. The number of hydrogen-bond acceptors (Lipinski definition) is 4. The fourth-order valence-corrected chi connectivity index (χ4v) is 3.86. The number of aryl methyl sites for hydroxylation is 1. The van der Waals surface area contributed by atoms with Gasteiger partial charge in [-0.1, -0.05) is 26.0 Å². The largest absolute Gasteiger partial charge is 0.481 e. The summed E-state index contributed by atoms with van der Waals surface area (Å²) in [5.41, 5.74) is 1.56. The van der Waals surface area contributed by atoms with Crippen molar-refractivity contribution in [1.82, 2.24) is 4.72 Å². The third kappa shape index (κ3) is 6.07. The van der Waals surface area contributed by atoms with Gasteiger partial charge in [-0.2, -0.15) is 0 Å². The monoisotopic (exact) mass is 404 g/mol. The number of sulfonamides is 1. The van der Waals surface area contributed by atoms with Gasteiger partial charge in [-0.05, 0) is 68.7 Å². The Morgan fingerprint density at radius 2 is 1.75 bits per heavy atom. The molecule has 0 aliphatic rings. The number of carbonyl (C=O) groups is 1. The molecule has 0 aromatic heterocycles. The lowest BCUT2D eigenvalue weighted by molar-refractivity contribution is -0.122. The van der Waals surface area contributed by atoms with Crippen molar-refractivity contribution < 1.29 is 17.9 Å². The zero-order valence-electron chi connectivity index (χ0n) is 16.7. The third-order valence-corrected chi connectivity index (χ3v) is 5.94. The molecular formula is C21H28N2O4S. The Bertz CT molecular complexity index is 895. The first-order valence-corrected chi connectivity index (χ1v) is 10.9. The van der Waals surface area contributed by atoms with Crippen molar-refractivity contribution in [2.75, 3.05) is 5.32 Å². The van der Waals surface area contributed by atoms with E-state index in [1.165, 1.54) is 12.1 Å². The summed E-state index contributed by atoms with van der Waals surface area (Å²) in [6, 6.07) is 13.5. The molecule has 2 aromatic rings. The molecule has 1 amide bonds. The molecule has 2 N–H and O–H groups in total. The van der Waals surface area contributed by atoms with E-state index >= 15 is 0 Å². The summed E-state index contributed by atoms with van der Waals surface area (Å²) in [6.45, 7) is 7.55. The third-order valence-electron chi connectivity index (χ3n) is 4.33. The molecule has 2 atom stereocenters. The standard InChI is InChI=1S/C21H28N2O4S/c1-5-16(4)23-28(25,26)19-12-10-17(11-13-19)22-21(24)20(6-2)27-18-9-7-8-15(3)14-18/h7-14,16,20,23H,5-6H2,1-4H3,(H,22,24). The summed E-state index contributed by atoms with van der Waals surface area (Å²) in [7, 11) is -3.57. The Kier molecular flexibility index (Phi) is 7.60. The van der Waals surface area contributed by atoms with Crippen molar-refractivity contribution >= 4 is 21.6 Å². The molecule has 0 fully saturated rings. The Morgan fingerprint density at radius 1 is 1.07 bits per heavy atom. The molecule has 2 rings (SSSR count). The number of nitrogens with one attached hydrogen (secondary N) is 2. The highest BCUT2D eigenvalue weighted by molar-refractivity contribution is 7.89. The van der Waals surface area contributed by atoms with Crippen LogP contribution in [0, 0.1) is 6.92 Å². The number of amides is 1. The molecule has 0 aliphatic heterocycles. The second-order valence-electron chi connectivity index (χ2n) is 6.78. The lowest BCUT2D eigenvalue weighted by atomic mass is 10.2. The molecule has 2 aromatic carbocycles. The molecule has 0 bridgehead atoms. The van der Waals surface area contributed by atoms with E-state index in [1.54, 1.807) is 12.1 Å².